The number of hydrogen-bond acceptors (Lipinski definition) is 3. The van der Waals surface area contributed by atoms with Crippen molar-refractivity contribution < 1.29 is 14.6 Å². The third kappa shape index (κ3) is 3.48. The summed E-state index contributed by atoms with van der Waals surface area (Å²) in [6.07, 6.45) is 7.19. The number of hydrogen-bond donors (Lipinski definition) is 2. The number of ether oxygens (including phenoxy) is 1. The first-order valence-electron chi connectivity index (χ1n) is 7.66. The molecule has 0 bridgehead atoms. The Kier molecular flexibility index (Phi) is 4.85. The van der Waals surface area contributed by atoms with Gasteiger partial charge in [-0.15, -0.1) is 0 Å². The van der Waals surface area contributed by atoms with Crippen molar-refractivity contribution >= 4 is 5.97 Å². The van der Waals surface area contributed by atoms with E-state index in [0.717, 1.165) is 12.8 Å². The summed E-state index contributed by atoms with van der Waals surface area (Å²) in [5.74, 6) is -0.334. The Morgan fingerprint density at radius 2 is 2.00 bits per heavy atom. The average Bonchev–Trinajstić information content (AvgIpc) is 2.40. The Hall–Kier alpha value is -0.610. The summed E-state index contributed by atoms with van der Waals surface area (Å²) >= 11 is 0. The summed E-state index contributed by atoms with van der Waals surface area (Å²) in [5.41, 5.74) is -0.769. The second kappa shape index (κ2) is 6.23. The molecule has 2 fully saturated rings. The van der Waals surface area contributed by atoms with Gasteiger partial charge in [-0.2, -0.15) is 0 Å². The van der Waals surface area contributed by atoms with Gasteiger partial charge in [0.2, 0.25) is 0 Å². The maximum Gasteiger partial charge on any atom is 0.324 e. The van der Waals surface area contributed by atoms with Crippen molar-refractivity contribution in [3.05, 3.63) is 0 Å². The highest BCUT2D eigenvalue weighted by Crippen LogP contribution is 2.31. The lowest BCUT2D eigenvalue weighted by molar-refractivity contribution is -0.154. The molecular formula is C15H27NO3. The SMILES string of the molecule is CC(C)C1CC(NC2CCCCC2)(C(=O)O)CCO1. The van der Waals surface area contributed by atoms with Gasteiger partial charge in [-0.1, -0.05) is 33.1 Å². The smallest absolute Gasteiger partial charge is 0.324 e. The van der Waals surface area contributed by atoms with E-state index in [4.69, 9.17) is 4.74 Å². The molecule has 2 aliphatic rings. The maximum atomic E-state index is 11.8. The molecule has 1 aliphatic carbocycles. The molecule has 1 saturated carbocycles. The molecule has 1 heterocycles. The van der Waals surface area contributed by atoms with Crippen LogP contribution in [0.3, 0.4) is 0 Å². The quantitative estimate of drug-likeness (QED) is 0.823. The van der Waals surface area contributed by atoms with Gasteiger partial charge in [-0.05, 0) is 25.2 Å². The van der Waals surface area contributed by atoms with Crippen LogP contribution in [-0.4, -0.2) is 35.4 Å². The van der Waals surface area contributed by atoms with Crippen molar-refractivity contribution in [1.82, 2.24) is 5.32 Å². The van der Waals surface area contributed by atoms with Crippen LogP contribution in [0, 0.1) is 5.92 Å². The maximum absolute atomic E-state index is 11.8. The Morgan fingerprint density at radius 3 is 2.58 bits per heavy atom. The second-order valence-corrected chi connectivity index (χ2v) is 6.47. The third-order valence-electron chi connectivity index (χ3n) is 4.65. The van der Waals surface area contributed by atoms with Crippen LogP contribution in [0.2, 0.25) is 0 Å². The molecule has 0 aromatic carbocycles. The molecule has 2 N–H and O–H groups in total. The van der Waals surface area contributed by atoms with E-state index in [2.05, 4.69) is 19.2 Å². The Balaban J connectivity index is 2.06. The van der Waals surface area contributed by atoms with Gasteiger partial charge in [0.05, 0.1) is 6.10 Å². The van der Waals surface area contributed by atoms with Crippen molar-refractivity contribution in [2.45, 2.75) is 76.5 Å². The molecule has 19 heavy (non-hydrogen) atoms. The van der Waals surface area contributed by atoms with Crippen molar-refractivity contribution in [3.8, 4) is 0 Å². The van der Waals surface area contributed by atoms with E-state index in [1.54, 1.807) is 0 Å². The minimum atomic E-state index is -0.769. The minimum Gasteiger partial charge on any atom is -0.480 e. The van der Waals surface area contributed by atoms with E-state index >= 15 is 0 Å². The van der Waals surface area contributed by atoms with Crippen LogP contribution in [-0.2, 0) is 9.53 Å². The standard InChI is InChI=1S/C15H27NO3/c1-11(2)13-10-15(14(17)18,8-9-19-13)16-12-6-4-3-5-7-12/h11-13,16H,3-10H2,1-2H3,(H,17,18). The Bertz CT molecular complexity index is 313. The fourth-order valence-corrected chi connectivity index (χ4v) is 3.34. The van der Waals surface area contributed by atoms with Gasteiger partial charge in [-0.25, -0.2) is 0 Å². The molecule has 0 aromatic rings. The van der Waals surface area contributed by atoms with Crippen LogP contribution in [0.5, 0.6) is 0 Å². The number of carbonyl (C=O) groups is 1. The number of carboxylic acid groups (broad SMARTS) is 1. The van der Waals surface area contributed by atoms with E-state index in [1.807, 2.05) is 0 Å². The monoisotopic (exact) mass is 269 g/mol. The largest absolute Gasteiger partial charge is 0.480 e. The van der Waals surface area contributed by atoms with Gasteiger partial charge >= 0.3 is 5.97 Å². The molecule has 0 spiro atoms. The molecule has 2 rings (SSSR count). The fraction of sp³-hybridized carbons (Fsp3) is 0.933. The molecular weight excluding hydrogens is 242 g/mol. The Morgan fingerprint density at radius 1 is 1.32 bits per heavy atom. The first-order chi connectivity index (χ1) is 9.03. The van der Waals surface area contributed by atoms with Gasteiger partial charge in [0.1, 0.15) is 5.54 Å². The van der Waals surface area contributed by atoms with Crippen molar-refractivity contribution in [1.29, 1.82) is 0 Å². The van der Waals surface area contributed by atoms with E-state index in [9.17, 15) is 9.90 Å². The first kappa shape index (κ1) is 14.8. The van der Waals surface area contributed by atoms with Crippen LogP contribution in [0.15, 0.2) is 0 Å². The molecule has 0 amide bonds. The third-order valence-corrected chi connectivity index (χ3v) is 4.65. The van der Waals surface area contributed by atoms with Gasteiger partial charge < -0.3 is 9.84 Å². The lowest BCUT2D eigenvalue weighted by Crippen LogP contribution is -2.61. The summed E-state index contributed by atoms with van der Waals surface area (Å²) in [6.45, 7) is 4.75. The molecule has 4 nitrogen and oxygen atoms in total. The zero-order chi connectivity index (χ0) is 13.9. The summed E-state index contributed by atoms with van der Waals surface area (Å²) in [4.78, 5) is 11.8. The zero-order valence-electron chi connectivity index (χ0n) is 12.2. The fourth-order valence-electron chi connectivity index (χ4n) is 3.34. The summed E-state index contributed by atoms with van der Waals surface area (Å²) in [6, 6.07) is 0.371. The van der Waals surface area contributed by atoms with Gasteiger partial charge in [0.15, 0.2) is 0 Å². The normalized spacial score (nSPS) is 33.5. The minimum absolute atomic E-state index is 0.0564. The average molecular weight is 269 g/mol. The molecule has 4 heteroatoms. The predicted octanol–water partition coefficient (Wildman–Crippen LogP) is 2.57. The summed E-state index contributed by atoms with van der Waals surface area (Å²) < 4.78 is 5.73. The van der Waals surface area contributed by atoms with Crippen LogP contribution >= 0.6 is 0 Å². The van der Waals surface area contributed by atoms with E-state index in [1.165, 1.54) is 19.3 Å². The van der Waals surface area contributed by atoms with Gasteiger partial charge in [-0.3, -0.25) is 10.1 Å². The summed E-state index contributed by atoms with van der Waals surface area (Å²) in [7, 11) is 0. The van der Waals surface area contributed by atoms with Crippen molar-refractivity contribution in [2.75, 3.05) is 6.61 Å². The number of carboxylic acids is 1. The highest BCUT2D eigenvalue weighted by atomic mass is 16.5. The lowest BCUT2D eigenvalue weighted by atomic mass is 9.81. The van der Waals surface area contributed by atoms with Crippen LogP contribution in [0.25, 0.3) is 0 Å². The highest BCUT2D eigenvalue weighted by Gasteiger charge is 2.45. The van der Waals surface area contributed by atoms with E-state index < -0.39 is 11.5 Å². The lowest BCUT2D eigenvalue weighted by Gasteiger charge is -2.42. The molecule has 0 aromatic heterocycles. The predicted molar refractivity (Wildman–Crippen MR) is 74.2 cm³/mol. The van der Waals surface area contributed by atoms with Crippen LogP contribution in [0.1, 0.15) is 58.8 Å². The molecule has 0 radical (unpaired) electrons. The van der Waals surface area contributed by atoms with Crippen molar-refractivity contribution in [2.24, 2.45) is 5.92 Å². The van der Waals surface area contributed by atoms with Gasteiger partial charge in [0.25, 0.3) is 0 Å². The first-order valence-corrected chi connectivity index (χ1v) is 7.66. The molecule has 1 aliphatic heterocycles. The van der Waals surface area contributed by atoms with Crippen LogP contribution < -0.4 is 5.32 Å². The van der Waals surface area contributed by atoms with Crippen LogP contribution in [0.4, 0.5) is 0 Å². The van der Waals surface area contributed by atoms with E-state index in [-0.39, 0.29) is 6.10 Å². The van der Waals surface area contributed by atoms with E-state index in [0.29, 0.717) is 31.4 Å². The van der Waals surface area contributed by atoms with Gasteiger partial charge in [0, 0.05) is 19.1 Å². The molecule has 1 saturated heterocycles. The second-order valence-electron chi connectivity index (χ2n) is 6.47. The Labute approximate surface area is 115 Å². The number of nitrogens with one attached hydrogen (secondary N) is 1. The highest BCUT2D eigenvalue weighted by molar-refractivity contribution is 5.79. The van der Waals surface area contributed by atoms with Crippen molar-refractivity contribution in [3.63, 3.8) is 0 Å². The topological polar surface area (TPSA) is 58.6 Å². The molecule has 2 atom stereocenters. The number of aliphatic carboxylic acids is 1. The zero-order valence-corrected chi connectivity index (χ0v) is 12.2. The number of rotatable bonds is 4. The molecule has 2 unspecified atom stereocenters. The molecule has 110 valence electrons. The summed E-state index contributed by atoms with van der Waals surface area (Å²) in [5, 5.41) is 13.2.